The van der Waals surface area contributed by atoms with Gasteiger partial charge in [0.15, 0.2) is 23.1 Å². The molecule has 0 radical (unpaired) electrons. The van der Waals surface area contributed by atoms with E-state index in [-0.39, 0.29) is 16.9 Å². The number of hydrogen-bond acceptors (Lipinski definition) is 10. The summed E-state index contributed by atoms with van der Waals surface area (Å²) in [5.41, 5.74) is 0.303. The fraction of sp³-hybridized carbons (Fsp3) is 0.190. The van der Waals surface area contributed by atoms with Crippen LogP contribution >= 0.6 is 23.5 Å². The second-order valence-electron chi connectivity index (χ2n) is 6.76. The van der Waals surface area contributed by atoms with Crippen LogP contribution in [0.4, 0.5) is 20.5 Å². The highest BCUT2D eigenvalue weighted by Crippen LogP contribution is 2.34. The van der Waals surface area contributed by atoms with Crippen LogP contribution in [0.2, 0.25) is 5.02 Å². The fourth-order valence-electron chi connectivity index (χ4n) is 2.95. The predicted octanol–water partition coefficient (Wildman–Crippen LogP) is 4.60. The average molecular weight is 506 g/mol. The molecule has 0 saturated carbocycles. The molecule has 0 aliphatic heterocycles. The lowest BCUT2D eigenvalue weighted by atomic mass is 10.1. The summed E-state index contributed by atoms with van der Waals surface area (Å²) >= 11 is 6.95. The molecule has 0 spiro atoms. The molecule has 0 aromatic carbocycles. The van der Waals surface area contributed by atoms with Crippen LogP contribution in [0.1, 0.15) is 0 Å². The average Bonchev–Trinajstić information content (AvgIpc) is 2.84. The molecule has 4 aromatic heterocycles. The Bertz CT molecular complexity index is 1330. The van der Waals surface area contributed by atoms with Crippen LogP contribution < -0.4 is 14.8 Å². The second-order valence-corrected chi connectivity index (χ2v) is 8.04. The minimum atomic E-state index is -0.888. The van der Waals surface area contributed by atoms with Gasteiger partial charge in [-0.2, -0.15) is 4.98 Å². The zero-order chi connectivity index (χ0) is 24.1. The van der Waals surface area contributed by atoms with E-state index in [0.29, 0.717) is 45.9 Å². The molecule has 0 unspecified atom stereocenters. The van der Waals surface area contributed by atoms with Gasteiger partial charge in [-0.25, -0.2) is 28.7 Å². The lowest BCUT2D eigenvalue weighted by Gasteiger charge is -2.12. The molecule has 176 valence electrons. The van der Waals surface area contributed by atoms with E-state index < -0.39 is 11.6 Å². The number of nitrogens with one attached hydrogen (secondary N) is 2. The van der Waals surface area contributed by atoms with Crippen molar-refractivity contribution in [3.05, 3.63) is 53.6 Å². The van der Waals surface area contributed by atoms with Gasteiger partial charge in [0.25, 0.3) is 0 Å². The third-order valence-electron chi connectivity index (χ3n) is 4.52. The SMILES string of the molecule is COCCNc1ncc2cc(-c3c(F)cnc(NSc4cc(Cl)cnc4OC)c3F)cnc2n1. The minimum Gasteiger partial charge on any atom is -0.480 e. The number of rotatable bonds is 9. The summed E-state index contributed by atoms with van der Waals surface area (Å²) in [5, 5.41) is 3.89. The Morgan fingerprint density at radius 2 is 1.88 bits per heavy atom. The number of methoxy groups -OCH3 is 2. The first-order chi connectivity index (χ1) is 16.5. The van der Waals surface area contributed by atoms with E-state index in [9.17, 15) is 4.39 Å². The zero-order valence-corrected chi connectivity index (χ0v) is 19.5. The number of aromatic nitrogens is 5. The van der Waals surface area contributed by atoms with E-state index >= 15 is 4.39 Å². The molecule has 0 atom stereocenters. The van der Waals surface area contributed by atoms with Crippen LogP contribution in [-0.4, -0.2) is 52.3 Å². The largest absolute Gasteiger partial charge is 0.480 e. The molecule has 2 N–H and O–H groups in total. The highest BCUT2D eigenvalue weighted by molar-refractivity contribution is 8.00. The van der Waals surface area contributed by atoms with Gasteiger partial charge in [-0.15, -0.1) is 0 Å². The number of halogens is 3. The van der Waals surface area contributed by atoms with Crippen molar-refractivity contribution in [2.24, 2.45) is 0 Å². The molecular weight excluding hydrogens is 488 g/mol. The van der Waals surface area contributed by atoms with Gasteiger partial charge < -0.3 is 19.5 Å². The quantitative estimate of drug-likeness (QED) is 0.247. The summed E-state index contributed by atoms with van der Waals surface area (Å²) < 4.78 is 42.8. The molecule has 13 heteroatoms. The molecule has 0 aliphatic carbocycles. The highest BCUT2D eigenvalue weighted by Gasteiger charge is 2.19. The summed E-state index contributed by atoms with van der Waals surface area (Å²) in [6.07, 6.45) is 5.22. The van der Waals surface area contributed by atoms with Crippen molar-refractivity contribution < 1.29 is 18.3 Å². The fourth-order valence-corrected chi connectivity index (χ4v) is 3.93. The number of pyridine rings is 3. The van der Waals surface area contributed by atoms with Crippen molar-refractivity contribution in [1.29, 1.82) is 0 Å². The molecule has 0 saturated heterocycles. The van der Waals surface area contributed by atoms with E-state index in [0.717, 1.165) is 18.1 Å². The summed E-state index contributed by atoms with van der Waals surface area (Å²) in [5.74, 6) is -1.24. The molecule has 4 aromatic rings. The molecule has 4 heterocycles. The molecule has 0 fully saturated rings. The van der Waals surface area contributed by atoms with E-state index in [1.165, 1.54) is 25.7 Å². The molecule has 4 rings (SSSR count). The normalized spacial score (nSPS) is 11.0. The van der Waals surface area contributed by atoms with E-state index in [1.54, 1.807) is 19.2 Å². The monoisotopic (exact) mass is 505 g/mol. The Labute approximate surface area is 202 Å². The lowest BCUT2D eigenvalue weighted by Crippen LogP contribution is -2.10. The first-order valence-electron chi connectivity index (χ1n) is 9.82. The molecule has 0 bridgehead atoms. The summed E-state index contributed by atoms with van der Waals surface area (Å²) in [6.45, 7) is 1.02. The van der Waals surface area contributed by atoms with Crippen molar-refractivity contribution in [2.45, 2.75) is 4.90 Å². The van der Waals surface area contributed by atoms with Crippen LogP contribution in [0.25, 0.3) is 22.2 Å². The van der Waals surface area contributed by atoms with Gasteiger partial charge in [-0.05, 0) is 24.1 Å². The van der Waals surface area contributed by atoms with Crippen molar-refractivity contribution in [3.63, 3.8) is 0 Å². The van der Waals surface area contributed by atoms with Crippen LogP contribution in [0, 0.1) is 11.6 Å². The van der Waals surface area contributed by atoms with Crippen molar-refractivity contribution in [3.8, 4) is 17.0 Å². The smallest absolute Gasteiger partial charge is 0.228 e. The van der Waals surface area contributed by atoms with Gasteiger partial charge in [0, 0.05) is 43.2 Å². The number of hydrogen-bond donors (Lipinski definition) is 2. The van der Waals surface area contributed by atoms with Crippen LogP contribution in [0.5, 0.6) is 5.88 Å². The number of ether oxygens (including phenoxy) is 2. The Kier molecular flexibility index (Phi) is 7.50. The summed E-state index contributed by atoms with van der Waals surface area (Å²) in [4.78, 5) is 21.1. The van der Waals surface area contributed by atoms with Gasteiger partial charge >= 0.3 is 0 Å². The van der Waals surface area contributed by atoms with E-state index in [2.05, 4.69) is 35.0 Å². The maximum absolute atomic E-state index is 15.3. The molecule has 0 amide bonds. The molecule has 9 nitrogen and oxygen atoms in total. The van der Waals surface area contributed by atoms with Gasteiger partial charge in [-0.1, -0.05) is 11.6 Å². The lowest BCUT2D eigenvalue weighted by molar-refractivity contribution is 0.210. The van der Waals surface area contributed by atoms with Gasteiger partial charge in [0.05, 0.1) is 35.4 Å². The third-order valence-corrected chi connectivity index (χ3v) is 5.53. The summed E-state index contributed by atoms with van der Waals surface area (Å²) in [6, 6.07) is 3.16. The Morgan fingerprint density at radius 1 is 1.03 bits per heavy atom. The maximum atomic E-state index is 15.3. The standard InChI is InChI=1S/C21H18ClF2N7O2S/c1-32-4-3-25-21-29-8-12-5-11(7-26-18(12)30-21)16-14(23)10-27-19(17(16)24)31-34-15-6-13(22)9-28-20(15)33-2/h5-10H,3-4H2,1-2H3,(H,27,31)(H,25,26,29,30). The van der Waals surface area contributed by atoms with E-state index in [1.807, 2.05) is 0 Å². The van der Waals surface area contributed by atoms with Crippen LogP contribution in [0.3, 0.4) is 0 Å². The van der Waals surface area contributed by atoms with Gasteiger partial charge in [0.2, 0.25) is 11.8 Å². The second kappa shape index (κ2) is 10.7. The van der Waals surface area contributed by atoms with Crippen molar-refractivity contribution >= 4 is 46.3 Å². The third kappa shape index (κ3) is 5.24. The Morgan fingerprint density at radius 3 is 2.68 bits per heavy atom. The van der Waals surface area contributed by atoms with Gasteiger partial charge in [-0.3, -0.25) is 0 Å². The highest BCUT2D eigenvalue weighted by atomic mass is 35.5. The van der Waals surface area contributed by atoms with Crippen molar-refractivity contribution in [1.82, 2.24) is 24.9 Å². The molecule has 34 heavy (non-hydrogen) atoms. The number of nitrogens with zero attached hydrogens (tertiary/aromatic N) is 5. The van der Waals surface area contributed by atoms with Crippen LogP contribution in [-0.2, 0) is 4.74 Å². The first kappa shape index (κ1) is 23.8. The van der Waals surface area contributed by atoms with Gasteiger partial charge in [0.1, 0.15) is 0 Å². The van der Waals surface area contributed by atoms with Crippen molar-refractivity contribution in [2.75, 3.05) is 37.4 Å². The number of anilines is 2. The first-order valence-corrected chi connectivity index (χ1v) is 11.0. The maximum Gasteiger partial charge on any atom is 0.228 e. The zero-order valence-electron chi connectivity index (χ0n) is 18.0. The molecule has 0 aliphatic rings. The Hall–Kier alpha value is -3.35. The van der Waals surface area contributed by atoms with E-state index in [4.69, 9.17) is 21.1 Å². The molecular formula is C21H18ClF2N7O2S. The summed E-state index contributed by atoms with van der Waals surface area (Å²) in [7, 11) is 3.04. The predicted molar refractivity (Wildman–Crippen MR) is 126 cm³/mol. The topological polar surface area (TPSA) is 107 Å². The number of fused-ring (bicyclic) bond motifs is 1. The van der Waals surface area contributed by atoms with Crippen LogP contribution in [0.15, 0.2) is 41.8 Å². The Balaban J connectivity index is 1.61. The minimum absolute atomic E-state index is 0.183.